The third kappa shape index (κ3) is 3.25. The number of benzene rings is 6. The molecule has 0 amide bonds. The molecule has 0 radical (unpaired) electrons. The van der Waals surface area contributed by atoms with E-state index in [9.17, 15) is 0 Å². The van der Waals surface area contributed by atoms with E-state index in [2.05, 4.69) is 150 Å². The van der Waals surface area contributed by atoms with E-state index < -0.39 is 0 Å². The number of allylic oxidation sites excluding steroid dienone is 1. The van der Waals surface area contributed by atoms with Crippen molar-refractivity contribution in [2.45, 2.75) is 19.3 Å². The molecule has 2 nitrogen and oxygen atoms in total. The topological polar surface area (TPSA) is 9.86 Å². The first-order valence-corrected chi connectivity index (χ1v) is 16.2. The first kappa shape index (κ1) is 24.3. The van der Waals surface area contributed by atoms with Gasteiger partial charge in [0.25, 0.3) is 0 Å². The van der Waals surface area contributed by atoms with Crippen molar-refractivity contribution < 1.29 is 0 Å². The van der Waals surface area contributed by atoms with Gasteiger partial charge in [-0.1, -0.05) is 85.8 Å². The summed E-state index contributed by atoms with van der Waals surface area (Å²) in [6.07, 6.45) is 5.68. The molecule has 3 aromatic heterocycles. The van der Waals surface area contributed by atoms with Crippen molar-refractivity contribution in [1.82, 2.24) is 9.13 Å². The largest absolute Gasteiger partial charge is 0.309 e. The van der Waals surface area contributed by atoms with Crippen LogP contribution in [-0.4, -0.2) is 9.13 Å². The zero-order chi connectivity index (χ0) is 28.9. The van der Waals surface area contributed by atoms with E-state index >= 15 is 0 Å². The number of rotatable bonds is 2. The summed E-state index contributed by atoms with van der Waals surface area (Å²) in [6, 6.07) is 45.2. The Morgan fingerprint density at radius 3 is 2.25 bits per heavy atom. The maximum atomic E-state index is 2.51. The zero-order valence-electron chi connectivity index (χ0n) is 24.3. The van der Waals surface area contributed by atoms with Crippen LogP contribution in [0.3, 0.4) is 0 Å². The van der Waals surface area contributed by atoms with Crippen molar-refractivity contribution >= 4 is 81.2 Å². The Balaban J connectivity index is 1.39. The van der Waals surface area contributed by atoms with Crippen LogP contribution in [0.4, 0.5) is 0 Å². The van der Waals surface area contributed by atoms with Crippen LogP contribution in [0.2, 0.25) is 0 Å². The summed E-state index contributed by atoms with van der Waals surface area (Å²) < 4.78 is 7.65. The number of nitrogens with zero attached hydrogens (tertiary/aromatic N) is 2. The Morgan fingerprint density at radius 1 is 0.568 bits per heavy atom. The average Bonchev–Trinajstić information content (AvgIpc) is 3.71. The number of thiophene rings is 1. The van der Waals surface area contributed by atoms with Crippen molar-refractivity contribution in [3.63, 3.8) is 0 Å². The molecule has 0 N–H and O–H groups in total. The minimum atomic E-state index is 0.512. The number of para-hydroxylation sites is 2. The summed E-state index contributed by atoms with van der Waals surface area (Å²) in [4.78, 5) is 0. The van der Waals surface area contributed by atoms with Gasteiger partial charge in [-0.05, 0) is 78.1 Å². The van der Waals surface area contributed by atoms with Gasteiger partial charge in [-0.3, -0.25) is 0 Å². The Bertz CT molecular complexity index is 2650. The molecule has 3 heteroatoms. The van der Waals surface area contributed by atoms with E-state index in [1.165, 1.54) is 86.3 Å². The maximum absolute atomic E-state index is 2.51. The molecule has 3 heterocycles. The SMILES string of the molecule is CC1CC=Cc2ccc(-n3c4ccccc4c4cc5c6ccc7sc8ccccc8c7c6n(-c6ccccc6)c5cc43)cc21. The van der Waals surface area contributed by atoms with Crippen LogP contribution >= 0.6 is 11.3 Å². The number of fused-ring (bicyclic) bond motifs is 11. The Kier molecular flexibility index (Phi) is 4.95. The average molecular weight is 581 g/mol. The minimum absolute atomic E-state index is 0.512. The Labute approximate surface area is 258 Å². The van der Waals surface area contributed by atoms with Gasteiger partial charge in [-0.25, -0.2) is 0 Å². The molecule has 208 valence electrons. The molecule has 0 fully saturated rings. The molecule has 0 spiro atoms. The normalized spacial score (nSPS) is 15.0. The predicted molar refractivity (Wildman–Crippen MR) is 190 cm³/mol. The molecule has 9 aromatic rings. The van der Waals surface area contributed by atoms with Gasteiger partial charge in [0.15, 0.2) is 0 Å². The van der Waals surface area contributed by atoms with Crippen LogP contribution in [-0.2, 0) is 0 Å². The highest BCUT2D eigenvalue weighted by molar-refractivity contribution is 7.26. The summed E-state index contributed by atoms with van der Waals surface area (Å²) in [7, 11) is 0. The van der Waals surface area contributed by atoms with Crippen LogP contribution in [0.15, 0.2) is 127 Å². The van der Waals surface area contributed by atoms with Gasteiger partial charge in [0, 0.05) is 53.1 Å². The van der Waals surface area contributed by atoms with Gasteiger partial charge in [0.05, 0.1) is 22.1 Å². The molecule has 6 aromatic carbocycles. The zero-order valence-corrected chi connectivity index (χ0v) is 25.1. The van der Waals surface area contributed by atoms with Crippen LogP contribution in [0.5, 0.6) is 0 Å². The molecule has 0 bridgehead atoms. The van der Waals surface area contributed by atoms with Gasteiger partial charge >= 0.3 is 0 Å². The fraction of sp³-hybridized carbons (Fsp3) is 0.0732. The molecular formula is C41H28N2S. The lowest BCUT2D eigenvalue weighted by molar-refractivity contribution is 0.770. The van der Waals surface area contributed by atoms with Crippen molar-refractivity contribution in [2.75, 3.05) is 0 Å². The lowest BCUT2D eigenvalue weighted by atomic mass is 9.88. The van der Waals surface area contributed by atoms with E-state index in [1.54, 1.807) is 0 Å². The molecule has 1 atom stereocenters. The van der Waals surface area contributed by atoms with E-state index in [1.807, 2.05) is 11.3 Å². The fourth-order valence-corrected chi connectivity index (χ4v) is 8.81. The Morgan fingerprint density at radius 2 is 1.34 bits per heavy atom. The second-order valence-corrected chi connectivity index (χ2v) is 13.3. The highest BCUT2D eigenvalue weighted by Crippen LogP contribution is 2.45. The van der Waals surface area contributed by atoms with E-state index in [4.69, 9.17) is 0 Å². The molecule has 0 saturated heterocycles. The standard InChI is InChI=1S/C41H28N2S/c1-25-10-9-11-26-18-19-28(22-32(25)26)42-35-16-7-5-14-29(35)33-23-34-30-20-21-39-40(31-15-6-8-17-38(31)44-39)41(30)43(37(34)24-36(33)42)27-12-3-2-4-13-27/h2-9,11-25H,10H2,1H3. The first-order valence-electron chi connectivity index (χ1n) is 15.4. The lowest BCUT2D eigenvalue weighted by Crippen LogP contribution is -2.03. The molecule has 1 unspecified atom stereocenters. The van der Waals surface area contributed by atoms with E-state index in [0.717, 1.165) is 6.42 Å². The second-order valence-electron chi connectivity index (χ2n) is 12.2. The Hall–Kier alpha value is -5.12. The highest BCUT2D eigenvalue weighted by atomic mass is 32.1. The van der Waals surface area contributed by atoms with Crippen molar-refractivity contribution in [2.24, 2.45) is 0 Å². The minimum Gasteiger partial charge on any atom is -0.309 e. The predicted octanol–water partition coefficient (Wildman–Crippen LogP) is 11.8. The number of hydrogen-bond donors (Lipinski definition) is 0. The fourth-order valence-electron chi connectivity index (χ4n) is 7.70. The molecule has 1 aliphatic carbocycles. The van der Waals surface area contributed by atoms with Crippen LogP contribution in [0, 0.1) is 0 Å². The third-order valence-corrected chi connectivity index (χ3v) is 10.9. The van der Waals surface area contributed by atoms with E-state index in [-0.39, 0.29) is 0 Å². The smallest absolute Gasteiger partial charge is 0.0634 e. The summed E-state index contributed by atoms with van der Waals surface area (Å²) in [6.45, 7) is 2.34. The van der Waals surface area contributed by atoms with Crippen LogP contribution in [0.25, 0.3) is 81.2 Å². The van der Waals surface area contributed by atoms with Gasteiger partial charge in [-0.15, -0.1) is 11.3 Å². The molecular weight excluding hydrogens is 553 g/mol. The van der Waals surface area contributed by atoms with Crippen molar-refractivity contribution in [3.8, 4) is 11.4 Å². The lowest BCUT2D eigenvalue weighted by Gasteiger charge is -2.19. The maximum Gasteiger partial charge on any atom is 0.0634 e. The molecule has 44 heavy (non-hydrogen) atoms. The second kappa shape index (κ2) is 8.95. The third-order valence-electron chi connectivity index (χ3n) is 9.72. The van der Waals surface area contributed by atoms with Crippen LogP contribution in [0.1, 0.15) is 30.4 Å². The van der Waals surface area contributed by atoms with Gasteiger partial charge < -0.3 is 9.13 Å². The number of hydrogen-bond acceptors (Lipinski definition) is 1. The van der Waals surface area contributed by atoms with Crippen molar-refractivity contribution in [3.05, 3.63) is 139 Å². The molecule has 1 aliphatic rings. The van der Waals surface area contributed by atoms with Gasteiger partial charge in [-0.2, -0.15) is 0 Å². The summed E-state index contributed by atoms with van der Waals surface area (Å²) in [5.41, 5.74) is 10.2. The first-order chi connectivity index (χ1) is 21.7. The van der Waals surface area contributed by atoms with Crippen molar-refractivity contribution in [1.29, 1.82) is 0 Å². The van der Waals surface area contributed by atoms with Crippen LogP contribution < -0.4 is 0 Å². The van der Waals surface area contributed by atoms with E-state index in [0.29, 0.717) is 5.92 Å². The molecule has 0 aliphatic heterocycles. The quantitative estimate of drug-likeness (QED) is 0.192. The van der Waals surface area contributed by atoms with Gasteiger partial charge in [0.2, 0.25) is 0 Å². The highest BCUT2D eigenvalue weighted by Gasteiger charge is 2.22. The molecule has 10 rings (SSSR count). The monoisotopic (exact) mass is 580 g/mol. The number of aromatic nitrogens is 2. The summed E-state index contributed by atoms with van der Waals surface area (Å²) in [5.74, 6) is 0.512. The molecule has 0 saturated carbocycles. The van der Waals surface area contributed by atoms with Gasteiger partial charge in [0.1, 0.15) is 0 Å². The summed E-state index contributed by atoms with van der Waals surface area (Å²) >= 11 is 1.89. The summed E-state index contributed by atoms with van der Waals surface area (Å²) in [5, 5.41) is 7.85.